The number of piperazine rings is 1. The third-order valence-electron chi connectivity index (χ3n) is 5.83. The Kier molecular flexibility index (Phi) is 6.06. The fourth-order valence-electron chi connectivity index (χ4n) is 4.05. The molecule has 1 atom stereocenters. The lowest BCUT2D eigenvalue weighted by Gasteiger charge is -2.36. The number of amides is 1. The van der Waals surface area contributed by atoms with E-state index in [2.05, 4.69) is 42.3 Å². The third kappa shape index (κ3) is 5.45. The van der Waals surface area contributed by atoms with Crippen molar-refractivity contribution >= 4 is 22.8 Å². The van der Waals surface area contributed by atoms with Gasteiger partial charge in [0, 0.05) is 50.1 Å². The van der Waals surface area contributed by atoms with Gasteiger partial charge in [0.1, 0.15) is 17.2 Å². The molecule has 1 aromatic carbocycles. The highest BCUT2D eigenvalue weighted by Crippen LogP contribution is 2.39. The van der Waals surface area contributed by atoms with Crippen LogP contribution in [0.3, 0.4) is 0 Å². The smallest absolute Gasteiger partial charge is 0.410 e. The predicted octanol–water partition coefficient (Wildman–Crippen LogP) is 4.17. The van der Waals surface area contributed by atoms with Gasteiger partial charge in [0.05, 0.1) is 5.52 Å². The van der Waals surface area contributed by atoms with Gasteiger partial charge in [-0.05, 0) is 59.1 Å². The van der Waals surface area contributed by atoms with E-state index in [0.29, 0.717) is 19.0 Å². The average Bonchev–Trinajstić information content (AvgIpc) is 3.53. The number of benzene rings is 1. The Hall–Kier alpha value is -2.41. The van der Waals surface area contributed by atoms with Gasteiger partial charge in [-0.25, -0.2) is 14.8 Å². The molecule has 1 amide bonds. The van der Waals surface area contributed by atoms with E-state index in [1.54, 1.807) is 0 Å². The van der Waals surface area contributed by atoms with Crippen molar-refractivity contribution in [2.24, 2.45) is 0 Å². The van der Waals surface area contributed by atoms with Gasteiger partial charge in [0.15, 0.2) is 0 Å². The minimum Gasteiger partial charge on any atom is -0.444 e. The number of anilines is 1. The van der Waals surface area contributed by atoms with Crippen molar-refractivity contribution in [2.75, 3.05) is 38.0 Å². The summed E-state index contributed by atoms with van der Waals surface area (Å²) in [6, 6.07) is 6.53. The van der Waals surface area contributed by atoms with E-state index in [9.17, 15) is 4.79 Å². The Morgan fingerprint density at radius 3 is 2.55 bits per heavy atom. The fraction of sp³-hybridized carbons (Fsp3) is 0.625. The number of nitrogens with zero attached hydrogens (tertiary/aromatic N) is 4. The van der Waals surface area contributed by atoms with Gasteiger partial charge in [-0.3, -0.25) is 4.90 Å². The molecule has 31 heavy (non-hydrogen) atoms. The van der Waals surface area contributed by atoms with Crippen molar-refractivity contribution < 1.29 is 9.53 Å². The van der Waals surface area contributed by atoms with E-state index < -0.39 is 5.60 Å². The minimum atomic E-state index is -0.454. The van der Waals surface area contributed by atoms with E-state index in [-0.39, 0.29) is 12.1 Å². The number of hydrogen-bond donors (Lipinski definition) is 1. The molecule has 1 saturated carbocycles. The molecule has 0 unspecified atom stereocenters. The van der Waals surface area contributed by atoms with Gasteiger partial charge in [0.2, 0.25) is 0 Å². The van der Waals surface area contributed by atoms with Crippen LogP contribution in [0.4, 0.5) is 10.6 Å². The molecule has 0 spiro atoms. The molecule has 168 valence electrons. The van der Waals surface area contributed by atoms with Crippen molar-refractivity contribution in [3.63, 3.8) is 0 Å². The van der Waals surface area contributed by atoms with Crippen molar-refractivity contribution in [3.05, 3.63) is 29.6 Å². The summed E-state index contributed by atoms with van der Waals surface area (Å²) in [5, 5.41) is 4.74. The van der Waals surface area contributed by atoms with E-state index in [1.165, 1.54) is 18.4 Å². The first-order valence-corrected chi connectivity index (χ1v) is 11.4. The number of hydrogen-bond acceptors (Lipinski definition) is 6. The largest absolute Gasteiger partial charge is 0.444 e. The molecular formula is C24H35N5O2. The van der Waals surface area contributed by atoms with Crippen LogP contribution in [0.15, 0.2) is 18.2 Å². The lowest BCUT2D eigenvalue weighted by atomic mass is 10.1. The second kappa shape index (κ2) is 8.61. The second-order valence-corrected chi connectivity index (χ2v) is 9.99. The zero-order valence-electron chi connectivity index (χ0n) is 19.4. The molecule has 7 heteroatoms. The maximum absolute atomic E-state index is 12.3. The standard InChI is InChI=1S/C24H35N5O2/c1-16-7-6-8-19-20(16)26-21(18-9-10-18)27-22(19)25-17(2)15-28-11-13-29(14-12-28)23(30)31-24(3,4)5/h6-8,17-18H,9-15H2,1-5H3,(H,25,26,27)/t17-/m0/s1. The van der Waals surface area contributed by atoms with Crippen molar-refractivity contribution in [1.29, 1.82) is 0 Å². The molecular weight excluding hydrogens is 390 g/mol. The van der Waals surface area contributed by atoms with E-state index in [1.807, 2.05) is 25.7 Å². The average molecular weight is 426 g/mol. The molecule has 1 aliphatic carbocycles. The summed E-state index contributed by atoms with van der Waals surface area (Å²) < 4.78 is 5.50. The van der Waals surface area contributed by atoms with Crippen LogP contribution in [0.25, 0.3) is 10.9 Å². The topological polar surface area (TPSA) is 70.6 Å². The summed E-state index contributed by atoms with van der Waals surface area (Å²) >= 11 is 0. The van der Waals surface area contributed by atoms with Crippen LogP contribution in [0.5, 0.6) is 0 Å². The van der Waals surface area contributed by atoms with Crippen molar-refractivity contribution in [1.82, 2.24) is 19.8 Å². The Labute approximate surface area is 185 Å². The third-order valence-corrected chi connectivity index (χ3v) is 5.83. The number of nitrogens with one attached hydrogen (secondary N) is 1. The number of fused-ring (bicyclic) bond motifs is 1. The van der Waals surface area contributed by atoms with Gasteiger partial charge in [-0.2, -0.15) is 0 Å². The SMILES string of the molecule is Cc1cccc2c(N[C@@H](C)CN3CCN(C(=O)OC(C)(C)C)CC3)nc(C3CC3)nc12. The van der Waals surface area contributed by atoms with Crippen molar-refractivity contribution in [3.8, 4) is 0 Å². The summed E-state index contributed by atoms with van der Waals surface area (Å²) in [6.07, 6.45) is 2.16. The molecule has 1 saturated heterocycles. The van der Waals surface area contributed by atoms with Gasteiger partial charge in [-0.1, -0.05) is 12.1 Å². The summed E-state index contributed by atoms with van der Waals surface area (Å²) in [5.74, 6) is 2.43. The molecule has 2 aromatic rings. The highest BCUT2D eigenvalue weighted by Gasteiger charge is 2.29. The number of aryl methyl sites for hydroxylation is 1. The molecule has 1 aliphatic heterocycles. The molecule has 7 nitrogen and oxygen atoms in total. The first-order chi connectivity index (χ1) is 14.7. The summed E-state index contributed by atoms with van der Waals surface area (Å²) in [6.45, 7) is 14.0. The molecule has 2 fully saturated rings. The Morgan fingerprint density at radius 1 is 1.19 bits per heavy atom. The molecule has 1 aromatic heterocycles. The first kappa shape index (κ1) is 21.8. The molecule has 0 bridgehead atoms. The van der Waals surface area contributed by atoms with Crippen LogP contribution in [-0.4, -0.2) is 70.2 Å². The molecule has 2 aliphatic rings. The van der Waals surface area contributed by atoms with Gasteiger partial charge in [0.25, 0.3) is 0 Å². The summed E-state index contributed by atoms with van der Waals surface area (Å²) in [7, 11) is 0. The van der Waals surface area contributed by atoms with Crippen LogP contribution < -0.4 is 5.32 Å². The number of rotatable bonds is 5. The lowest BCUT2D eigenvalue weighted by Crippen LogP contribution is -2.51. The zero-order chi connectivity index (χ0) is 22.2. The van der Waals surface area contributed by atoms with Gasteiger partial charge in [-0.15, -0.1) is 0 Å². The lowest BCUT2D eigenvalue weighted by molar-refractivity contribution is 0.0144. The molecule has 4 rings (SSSR count). The van der Waals surface area contributed by atoms with Crippen LogP contribution >= 0.6 is 0 Å². The van der Waals surface area contributed by atoms with Crippen LogP contribution in [-0.2, 0) is 4.74 Å². The number of ether oxygens (including phenoxy) is 1. The maximum Gasteiger partial charge on any atom is 0.410 e. The molecule has 0 radical (unpaired) electrons. The Balaban J connectivity index is 1.38. The van der Waals surface area contributed by atoms with E-state index in [4.69, 9.17) is 14.7 Å². The number of para-hydroxylation sites is 1. The zero-order valence-corrected chi connectivity index (χ0v) is 19.4. The van der Waals surface area contributed by atoms with E-state index in [0.717, 1.165) is 42.2 Å². The monoisotopic (exact) mass is 425 g/mol. The van der Waals surface area contributed by atoms with Gasteiger partial charge < -0.3 is 15.0 Å². The quantitative estimate of drug-likeness (QED) is 0.775. The fourth-order valence-corrected chi connectivity index (χ4v) is 4.05. The van der Waals surface area contributed by atoms with Crippen LogP contribution in [0.1, 0.15) is 57.8 Å². The highest BCUT2D eigenvalue weighted by atomic mass is 16.6. The predicted molar refractivity (Wildman–Crippen MR) is 124 cm³/mol. The number of carbonyl (C=O) groups excluding carboxylic acids is 1. The number of carbonyl (C=O) groups is 1. The highest BCUT2D eigenvalue weighted by molar-refractivity contribution is 5.91. The Morgan fingerprint density at radius 2 is 1.90 bits per heavy atom. The minimum absolute atomic E-state index is 0.214. The molecule has 1 N–H and O–H groups in total. The number of aromatic nitrogens is 2. The normalized spacial score (nSPS) is 18.8. The maximum atomic E-state index is 12.3. The second-order valence-electron chi connectivity index (χ2n) is 9.99. The summed E-state index contributed by atoms with van der Waals surface area (Å²) in [4.78, 5) is 26.2. The van der Waals surface area contributed by atoms with Crippen LogP contribution in [0.2, 0.25) is 0 Å². The van der Waals surface area contributed by atoms with Crippen molar-refractivity contribution in [2.45, 2.75) is 65.0 Å². The van der Waals surface area contributed by atoms with Crippen LogP contribution in [0, 0.1) is 6.92 Å². The molecule has 2 heterocycles. The Bertz CT molecular complexity index is 943. The first-order valence-electron chi connectivity index (χ1n) is 11.4. The van der Waals surface area contributed by atoms with Gasteiger partial charge >= 0.3 is 6.09 Å². The van der Waals surface area contributed by atoms with E-state index >= 15 is 0 Å². The summed E-state index contributed by atoms with van der Waals surface area (Å²) in [5.41, 5.74) is 1.79.